The maximum atomic E-state index is 8.66. The molecular weight excluding hydrogens is 168 g/mol. The van der Waals surface area contributed by atoms with E-state index in [0.717, 1.165) is 11.3 Å². The molecule has 0 bridgehead atoms. The fourth-order valence-corrected chi connectivity index (χ4v) is 0.731. The van der Waals surface area contributed by atoms with Crippen molar-refractivity contribution in [2.24, 2.45) is 0 Å². The van der Waals surface area contributed by atoms with Gasteiger partial charge in [0.05, 0.1) is 13.7 Å². The summed E-state index contributed by atoms with van der Waals surface area (Å²) in [6.45, 7) is 0.0873. The molecule has 1 aromatic rings. The van der Waals surface area contributed by atoms with Crippen molar-refractivity contribution in [2.75, 3.05) is 21.3 Å². The van der Waals surface area contributed by atoms with E-state index in [1.807, 2.05) is 24.3 Å². The molecule has 0 saturated carbocycles. The molecule has 13 heavy (non-hydrogen) atoms. The second-order valence-electron chi connectivity index (χ2n) is 2.41. The second kappa shape index (κ2) is 7.58. The van der Waals surface area contributed by atoms with Crippen LogP contribution in [0.15, 0.2) is 24.3 Å². The second-order valence-corrected chi connectivity index (χ2v) is 2.41. The van der Waals surface area contributed by atoms with Crippen LogP contribution in [0.25, 0.3) is 0 Å². The van der Waals surface area contributed by atoms with Crippen molar-refractivity contribution >= 4 is 0 Å². The summed E-state index contributed by atoms with van der Waals surface area (Å²) in [4.78, 5) is 0. The maximum absolute atomic E-state index is 8.66. The van der Waals surface area contributed by atoms with Crippen LogP contribution < -0.4 is 4.74 Å². The topological polar surface area (TPSA) is 38.7 Å². The predicted molar refractivity (Wildman–Crippen MR) is 51.8 cm³/mol. The number of aliphatic hydroxyl groups is 1. The van der Waals surface area contributed by atoms with Crippen molar-refractivity contribution in [3.8, 4) is 5.75 Å². The van der Waals surface area contributed by atoms with E-state index in [0.29, 0.717) is 0 Å². The molecule has 0 heterocycles. The zero-order valence-corrected chi connectivity index (χ0v) is 8.28. The normalized spacial score (nSPS) is 8.62. The first-order valence-corrected chi connectivity index (χ1v) is 3.92. The molecule has 0 amide bonds. The highest BCUT2D eigenvalue weighted by atomic mass is 16.5. The molecule has 3 nitrogen and oxygen atoms in total. The average Bonchev–Trinajstić information content (AvgIpc) is 2.19. The van der Waals surface area contributed by atoms with E-state index >= 15 is 0 Å². The van der Waals surface area contributed by atoms with E-state index < -0.39 is 0 Å². The van der Waals surface area contributed by atoms with Crippen molar-refractivity contribution < 1.29 is 14.6 Å². The van der Waals surface area contributed by atoms with Gasteiger partial charge in [0.2, 0.25) is 0 Å². The minimum absolute atomic E-state index is 0.0873. The quantitative estimate of drug-likeness (QED) is 0.756. The Morgan fingerprint density at radius 1 is 1.08 bits per heavy atom. The van der Waals surface area contributed by atoms with E-state index in [1.165, 1.54) is 0 Å². The highest BCUT2D eigenvalue weighted by molar-refractivity contribution is 5.26. The molecule has 0 saturated heterocycles. The number of ether oxygens (including phenoxy) is 2. The summed E-state index contributed by atoms with van der Waals surface area (Å²) in [7, 11) is 4.87. The van der Waals surface area contributed by atoms with Gasteiger partial charge >= 0.3 is 0 Å². The highest BCUT2D eigenvalue weighted by Crippen LogP contribution is 2.10. The summed E-state index contributed by atoms with van der Waals surface area (Å²) < 4.78 is 9.18. The van der Waals surface area contributed by atoms with Gasteiger partial charge in [-0.3, -0.25) is 0 Å². The van der Waals surface area contributed by atoms with Gasteiger partial charge in [-0.25, -0.2) is 0 Å². The molecule has 1 rings (SSSR count). The van der Waals surface area contributed by atoms with Gasteiger partial charge in [-0.15, -0.1) is 0 Å². The summed E-state index contributed by atoms with van der Waals surface area (Å²) in [6, 6.07) is 7.31. The first-order chi connectivity index (χ1) is 6.28. The summed E-state index contributed by atoms with van der Waals surface area (Å²) >= 11 is 0. The molecule has 0 aliphatic heterocycles. The van der Waals surface area contributed by atoms with Gasteiger partial charge < -0.3 is 14.6 Å². The number of hydrogen-bond donors (Lipinski definition) is 1. The minimum Gasteiger partial charge on any atom is -0.497 e. The minimum atomic E-state index is 0.0873. The number of hydrogen-bond acceptors (Lipinski definition) is 3. The van der Waals surface area contributed by atoms with Crippen LogP contribution in [0.3, 0.4) is 0 Å². The van der Waals surface area contributed by atoms with E-state index in [4.69, 9.17) is 9.84 Å². The third-order valence-corrected chi connectivity index (χ3v) is 1.34. The molecule has 0 fully saturated rings. The molecule has 1 N–H and O–H groups in total. The standard InChI is InChI=1S/C8H10O2.C2H6O/c1-10-8-4-2-7(6-9)3-5-8;1-3-2/h2-5,9H,6H2,1H3;1-2H3. The monoisotopic (exact) mass is 184 g/mol. The van der Waals surface area contributed by atoms with Crippen molar-refractivity contribution in [1.82, 2.24) is 0 Å². The van der Waals surface area contributed by atoms with Crippen LogP contribution >= 0.6 is 0 Å². The fourth-order valence-electron chi connectivity index (χ4n) is 0.731. The van der Waals surface area contributed by atoms with Gasteiger partial charge in [-0.2, -0.15) is 0 Å². The first kappa shape index (κ1) is 11.9. The van der Waals surface area contributed by atoms with Crippen molar-refractivity contribution in [3.63, 3.8) is 0 Å². The molecule has 0 aliphatic carbocycles. The Labute approximate surface area is 78.9 Å². The first-order valence-electron chi connectivity index (χ1n) is 3.92. The number of aliphatic hydroxyl groups excluding tert-OH is 1. The molecule has 0 atom stereocenters. The van der Waals surface area contributed by atoms with E-state index in [1.54, 1.807) is 21.3 Å². The molecule has 3 heteroatoms. The lowest BCUT2D eigenvalue weighted by atomic mass is 10.2. The zero-order chi connectivity index (χ0) is 10.1. The summed E-state index contributed by atoms with van der Waals surface area (Å²) in [5.41, 5.74) is 0.904. The lowest BCUT2D eigenvalue weighted by molar-refractivity contribution is 0.277. The van der Waals surface area contributed by atoms with Crippen LogP contribution in [0.5, 0.6) is 5.75 Å². The van der Waals surface area contributed by atoms with Gasteiger partial charge in [-0.05, 0) is 17.7 Å². The van der Waals surface area contributed by atoms with E-state index in [9.17, 15) is 0 Å². The van der Waals surface area contributed by atoms with Gasteiger partial charge in [0.1, 0.15) is 5.75 Å². The van der Waals surface area contributed by atoms with Gasteiger partial charge in [0, 0.05) is 14.2 Å². The molecule has 0 aliphatic rings. The average molecular weight is 184 g/mol. The van der Waals surface area contributed by atoms with E-state index in [-0.39, 0.29) is 6.61 Å². The number of rotatable bonds is 2. The Balaban J connectivity index is 0.000000424. The third kappa shape index (κ3) is 5.22. The van der Waals surface area contributed by atoms with Crippen LogP contribution in [-0.2, 0) is 11.3 Å². The highest BCUT2D eigenvalue weighted by Gasteiger charge is 1.89. The molecule has 0 aromatic heterocycles. The van der Waals surface area contributed by atoms with Gasteiger partial charge in [0.25, 0.3) is 0 Å². The fraction of sp³-hybridized carbons (Fsp3) is 0.400. The summed E-state index contributed by atoms with van der Waals surface area (Å²) in [5, 5.41) is 8.66. The third-order valence-electron chi connectivity index (χ3n) is 1.34. The van der Waals surface area contributed by atoms with Crippen molar-refractivity contribution in [2.45, 2.75) is 6.61 Å². The predicted octanol–water partition coefficient (Wildman–Crippen LogP) is 1.45. The Morgan fingerprint density at radius 3 is 1.85 bits per heavy atom. The van der Waals surface area contributed by atoms with Gasteiger partial charge in [0.15, 0.2) is 0 Å². The lowest BCUT2D eigenvalue weighted by Crippen LogP contribution is -1.84. The van der Waals surface area contributed by atoms with Crippen LogP contribution in [0.2, 0.25) is 0 Å². The lowest BCUT2D eigenvalue weighted by Gasteiger charge is -1.98. The molecule has 1 aromatic carbocycles. The maximum Gasteiger partial charge on any atom is 0.118 e. The van der Waals surface area contributed by atoms with E-state index in [2.05, 4.69) is 4.74 Å². The smallest absolute Gasteiger partial charge is 0.118 e. The molecule has 0 spiro atoms. The van der Waals surface area contributed by atoms with Crippen LogP contribution in [0.1, 0.15) is 5.56 Å². The molecule has 74 valence electrons. The number of methoxy groups -OCH3 is 2. The van der Waals surface area contributed by atoms with Crippen LogP contribution in [0.4, 0.5) is 0 Å². The Kier molecular flexibility index (Phi) is 6.96. The van der Waals surface area contributed by atoms with Crippen molar-refractivity contribution in [1.29, 1.82) is 0 Å². The Hall–Kier alpha value is -1.06. The van der Waals surface area contributed by atoms with Crippen molar-refractivity contribution in [3.05, 3.63) is 29.8 Å². The number of benzene rings is 1. The Bertz CT molecular complexity index is 183. The molecule has 0 unspecified atom stereocenters. The SMILES string of the molecule is COC.COc1ccc(CO)cc1. The van der Waals surface area contributed by atoms with Crippen LogP contribution in [0, 0.1) is 0 Å². The van der Waals surface area contributed by atoms with Crippen LogP contribution in [-0.4, -0.2) is 26.4 Å². The molecular formula is C10H16O3. The Morgan fingerprint density at radius 2 is 1.54 bits per heavy atom. The summed E-state index contributed by atoms with van der Waals surface area (Å²) in [6.07, 6.45) is 0. The summed E-state index contributed by atoms with van der Waals surface area (Å²) in [5.74, 6) is 0.817. The van der Waals surface area contributed by atoms with Gasteiger partial charge in [-0.1, -0.05) is 12.1 Å². The molecule has 0 radical (unpaired) electrons. The largest absolute Gasteiger partial charge is 0.497 e. The zero-order valence-electron chi connectivity index (χ0n) is 8.28.